The highest BCUT2D eigenvalue weighted by molar-refractivity contribution is 5.09. The Hall–Kier alpha value is -0.900. The van der Waals surface area contributed by atoms with Crippen LogP contribution < -0.4 is 0 Å². The summed E-state index contributed by atoms with van der Waals surface area (Å²) in [7, 11) is 0. The average Bonchev–Trinajstić information content (AvgIpc) is 1.93. The highest BCUT2D eigenvalue weighted by atomic mass is 16.6. The third kappa shape index (κ3) is 2.62. The summed E-state index contributed by atoms with van der Waals surface area (Å²) in [4.78, 5) is 9.80. The summed E-state index contributed by atoms with van der Waals surface area (Å²) in [6.07, 6.45) is 3.60. The van der Waals surface area contributed by atoms with E-state index in [9.17, 15) is 15.2 Å². The molecule has 1 rings (SSSR count). The number of rotatable bonds is 2. The molecule has 12 heavy (non-hydrogen) atoms. The Morgan fingerprint density at radius 1 is 1.83 bits per heavy atom. The van der Waals surface area contributed by atoms with Gasteiger partial charge >= 0.3 is 0 Å². The van der Waals surface area contributed by atoms with Crippen LogP contribution in [0.4, 0.5) is 0 Å². The Bertz CT molecular complexity index is 220. The predicted molar refractivity (Wildman–Crippen MR) is 44.4 cm³/mol. The van der Waals surface area contributed by atoms with E-state index in [1.54, 1.807) is 13.0 Å². The van der Waals surface area contributed by atoms with Crippen molar-refractivity contribution in [3.05, 3.63) is 21.8 Å². The molecule has 4 nitrogen and oxygen atoms in total. The van der Waals surface area contributed by atoms with Gasteiger partial charge in [0.25, 0.3) is 0 Å². The van der Waals surface area contributed by atoms with E-state index in [0.29, 0.717) is 19.3 Å². The molecule has 0 bridgehead atoms. The van der Waals surface area contributed by atoms with Crippen LogP contribution >= 0.6 is 0 Å². The minimum atomic E-state index is -0.653. The lowest BCUT2D eigenvalue weighted by Gasteiger charge is -2.25. The summed E-state index contributed by atoms with van der Waals surface area (Å²) in [5.41, 5.74) is 0.187. The second kappa shape index (κ2) is 3.23. The molecule has 0 saturated carbocycles. The molecule has 1 atom stereocenters. The van der Waals surface area contributed by atoms with Crippen LogP contribution in [-0.4, -0.2) is 22.2 Å². The van der Waals surface area contributed by atoms with Crippen LogP contribution in [-0.2, 0) is 0 Å². The van der Waals surface area contributed by atoms with E-state index in [1.165, 1.54) is 0 Å². The third-order valence-corrected chi connectivity index (χ3v) is 2.15. The molecule has 1 aliphatic rings. The van der Waals surface area contributed by atoms with Crippen LogP contribution in [0.25, 0.3) is 0 Å². The molecule has 0 radical (unpaired) electrons. The van der Waals surface area contributed by atoms with Gasteiger partial charge in [-0.05, 0) is 31.8 Å². The molecule has 0 aromatic heterocycles. The average molecular weight is 171 g/mol. The van der Waals surface area contributed by atoms with Gasteiger partial charge in [0.05, 0.1) is 5.60 Å². The van der Waals surface area contributed by atoms with Crippen molar-refractivity contribution in [2.24, 2.45) is 0 Å². The first kappa shape index (κ1) is 9.19. The first-order valence-electron chi connectivity index (χ1n) is 4.02. The van der Waals surface area contributed by atoms with Crippen LogP contribution in [0.15, 0.2) is 11.6 Å². The number of nitro groups is 1. The summed E-state index contributed by atoms with van der Waals surface area (Å²) < 4.78 is 0. The van der Waals surface area contributed by atoms with Crippen LogP contribution in [0.3, 0.4) is 0 Å². The standard InChI is InChI=1S/C8H13NO3/c1-8(10)4-2-7(3-5-8)6-9(11)12/h2,10H,3-6H2,1H3/t8-/m1/s1. The molecule has 0 amide bonds. The van der Waals surface area contributed by atoms with Crippen molar-refractivity contribution in [1.82, 2.24) is 0 Å². The van der Waals surface area contributed by atoms with E-state index in [1.807, 2.05) is 0 Å². The Balaban J connectivity index is 2.50. The van der Waals surface area contributed by atoms with Gasteiger partial charge in [0.15, 0.2) is 0 Å². The smallest absolute Gasteiger partial charge is 0.224 e. The normalized spacial score (nSPS) is 29.7. The zero-order chi connectivity index (χ0) is 9.19. The first-order chi connectivity index (χ1) is 5.49. The Kier molecular flexibility index (Phi) is 2.47. The zero-order valence-corrected chi connectivity index (χ0v) is 7.12. The van der Waals surface area contributed by atoms with Gasteiger partial charge in [-0.3, -0.25) is 10.1 Å². The summed E-state index contributed by atoms with van der Waals surface area (Å²) in [6, 6.07) is 0. The van der Waals surface area contributed by atoms with E-state index >= 15 is 0 Å². The molecule has 0 aromatic rings. The minimum Gasteiger partial charge on any atom is -0.390 e. The lowest BCUT2D eigenvalue weighted by Crippen LogP contribution is -2.27. The fraction of sp³-hybridized carbons (Fsp3) is 0.750. The number of aliphatic hydroxyl groups is 1. The van der Waals surface area contributed by atoms with E-state index in [-0.39, 0.29) is 11.5 Å². The summed E-state index contributed by atoms with van der Waals surface area (Å²) in [6.45, 7) is 1.68. The van der Waals surface area contributed by atoms with E-state index in [2.05, 4.69) is 0 Å². The highest BCUT2D eigenvalue weighted by Crippen LogP contribution is 2.26. The van der Waals surface area contributed by atoms with Crippen LogP contribution in [0.1, 0.15) is 26.2 Å². The molecule has 0 aliphatic heterocycles. The maximum absolute atomic E-state index is 10.1. The number of hydrogen-bond acceptors (Lipinski definition) is 3. The van der Waals surface area contributed by atoms with Gasteiger partial charge in [0.2, 0.25) is 6.54 Å². The van der Waals surface area contributed by atoms with Crippen molar-refractivity contribution in [2.75, 3.05) is 6.54 Å². The molecule has 68 valence electrons. The Morgan fingerprint density at radius 3 is 2.92 bits per heavy atom. The van der Waals surface area contributed by atoms with E-state index in [0.717, 1.165) is 5.57 Å². The lowest BCUT2D eigenvalue weighted by molar-refractivity contribution is -0.471. The maximum Gasteiger partial charge on any atom is 0.224 e. The van der Waals surface area contributed by atoms with Gasteiger partial charge in [-0.1, -0.05) is 6.08 Å². The molecular formula is C8H13NO3. The maximum atomic E-state index is 10.1. The second-order valence-corrected chi connectivity index (χ2v) is 3.55. The molecule has 0 spiro atoms. The van der Waals surface area contributed by atoms with E-state index in [4.69, 9.17) is 0 Å². The SMILES string of the molecule is C[C@@]1(O)CC=C(C[N+](=O)[O-])CC1. The van der Waals surface area contributed by atoms with Crippen molar-refractivity contribution in [1.29, 1.82) is 0 Å². The molecule has 0 aromatic carbocycles. The molecular weight excluding hydrogens is 158 g/mol. The van der Waals surface area contributed by atoms with Crippen LogP contribution in [0.5, 0.6) is 0 Å². The minimum absolute atomic E-state index is 0.0733. The third-order valence-electron chi connectivity index (χ3n) is 2.15. The van der Waals surface area contributed by atoms with Crippen molar-refractivity contribution in [3.8, 4) is 0 Å². The van der Waals surface area contributed by atoms with Crippen molar-refractivity contribution in [3.63, 3.8) is 0 Å². The molecule has 0 saturated heterocycles. The molecule has 1 aliphatic carbocycles. The molecule has 0 unspecified atom stereocenters. The second-order valence-electron chi connectivity index (χ2n) is 3.55. The summed E-state index contributed by atoms with van der Waals surface area (Å²) >= 11 is 0. The van der Waals surface area contributed by atoms with Gasteiger partial charge < -0.3 is 5.11 Å². The summed E-state index contributed by atoms with van der Waals surface area (Å²) in [5, 5.41) is 19.6. The van der Waals surface area contributed by atoms with Crippen LogP contribution in [0.2, 0.25) is 0 Å². The van der Waals surface area contributed by atoms with Gasteiger partial charge in [0, 0.05) is 4.92 Å². The fourth-order valence-electron chi connectivity index (χ4n) is 1.31. The van der Waals surface area contributed by atoms with Gasteiger partial charge in [-0.2, -0.15) is 0 Å². The summed E-state index contributed by atoms with van der Waals surface area (Å²) in [5.74, 6) is 0. The quantitative estimate of drug-likeness (QED) is 0.384. The topological polar surface area (TPSA) is 63.4 Å². The largest absolute Gasteiger partial charge is 0.390 e. The monoisotopic (exact) mass is 171 g/mol. The molecule has 0 heterocycles. The van der Waals surface area contributed by atoms with Crippen molar-refractivity contribution < 1.29 is 10.0 Å². The van der Waals surface area contributed by atoms with Gasteiger partial charge in [-0.15, -0.1) is 0 Å². The van der Waals surface area contributed by atoms with E-state index < -0.39 is 5.60 Å². The first-order valence-corrected chi connectivity index (χ1v) is 4.02. The number of hydrogen-bond donors (Lipinski definition) is 1. The molecule has 4 heteroatoms. The van der Waals surface area contributed by atoms with Gasteiger partial charge in [0.1, 0.15) is 0 Å². The number of nitrogens with zero attached hydrogens (tertiary/aromatic N) is 1. The Labute approximate surface area is 71.0 Å². The lowest BCUT2D eigenvalue weighted by atomic mass is 9.87. The van der Waals surface area contributed by atoms with Crippen molar-refractivity contribution in [2.45, 2.75) is 31.8 Å². The fourth-order valence-corrected chi connectivity index (χ4v) is 1.31. The van der Waals surface area contributed by atoms with Crippen LogP contribution in [0, 0.1) is 10.1 Å². The van der Waals surface area contributed by atoms with Gasteiger partial charge in [-0.25, -0.2) is 0 Å². The molecule has 0 fully saturated rings. The molecule has 1 N–H and O–H groups in total. The Morgan fingerprint density at radius 2 is 2.50 bits per heavy atom. The highest BCUT2D eigenvalue weighted by Gasteiger charge is 2.24. The van der Waals surface area contributed by atoms with Crippen molar-refractivity contribution >= 4 is 0 Å². The predicted octanol–water partition coefficient (Wildman–Crippen LogP) is 1.12. The zero-order valence-electron chi connectivity index (χ0n) is 7.12.